The Bertz CT molecular complexity index is 1320. The van der Waals surface area contributed by atoms with Crippen molar-refractivity contribution in [2.75, 3.05) is 6.61 Å². The summed E-state index contributed by atoms with van der Waals surface area (Å²) < 4.78 is 5.68. The molecule has 6 heteroatoms. The van der Waals surface area contributed by atoms with E-state index in [1.807, 2.05) is 41.3 Å². The van der Waals surface area contributed by atoms with Gasteiger partial charge in [-0.05, 0) is 93.3 Å². The zero-order valence-electron chi connectivity index (χ0n) is 20.9. The number of likely N-dealkylation sites (tertiary alicyclic amines) is 1. The summed E-state index contributed by atoms with van der Waals surface area (Å²) in [6.45, 7) is 3.86. The lowest BCUT2D eigenvalue weighted by Gasteiger charge is -2.38. The average Bonchev–Trinajstić information content (AvgIpc) is 2.87. The van der Waals surface area contributed by atoms with Gasteiger partial charge in [0.1, 0.15) is 5.75 Å². The Morgan fingerprint density at radius 2 is 1.75 bits per heavy atom. The Kier molecular flexibility index (Phi) is 6.77. The van der Waals surface area contributed by atoms with E-state index in [0.717, 1.165) is 71.8 Å². The minimum Gasteiger partial charge on any atom is -0.508 e. The Labute approximate surface area is 211 Å². The van der Waals surface area contributed by atoms with Crippen LogP contribution < -0.4 is 0 Å². The summed E-state index contributed by atoms with van der Waals surface area (Å²) in [5.41, 5.74) is 4.94. The van der Waals surface area contributed by atoms with Crippen molar-refractivity contribution in [2.45, 2.75) is 64.5 Å². The molecule has 0 radical (unpaired) electrons. The lowest BCUT2D eigenvalue weighted by atomic mass is 9.86. The maximum Gasteiger partial charge on any atom is 0.339 e. The number of hydrogen-bond donors (Lipinski definition) is 1. The molecule has 2 aliphatic rings. The molecular weight excluding hydrogens is 452 g/mol. The monoisotopic (exact) mass is 484 g/mol. The zero-order chi connectivity index (χ0) is 25.2. The third-order valence-electron chi connectivity index (χ3n) is 7.42. The molecule has 2 atom stereocenters. The average molecular weight is 485 g/mol. The smallest absolute Gasteiger partial charge is 0.339 e. The van der Waals surface area contributed by atoms with E-state index < -0.39 is 5.97 Å². The predicted octanol–water partition coefficient (Wildman–Crippen LogP) is 5.76. The second-order valence-electron chi connectivity index (χ2n) is 9.95. The lowest BCUT2D eigenvalue weighted by Crippen LogP contribution is -2.49. The predicted molar refractivity (Wildman–Crippen MR) is 141 cm³/mol. The van der Waals surface area contributed by atoms with Crippen molar-refractivity contribution >= 4 is 34.4 Å². The number of rotatable bonds is 4. The van der Waals surface area contributed by atoms with Crippen LogP contribution in [-0.4, -0.2) is 45.6 Å². The van der Waals surface area contributed by atoms with Gasteiger partial charge in [0.15, 0.2) is 6.61 Å². The second-order valence-corrected chi connectivity index (χ2v) is 9.95. The van der Waals surface area contributed by atoms with Crippen LogP contribution in [-0.2, 0) is 16.0 Å². The molecule has 186 valence electrons. The van der Waals surface area contributed by atoms with Crippen LogP contribution in [0.4, 0.5) is 0 Å². The number of aromatic nitrogens is 1. The van der Waals surface area contributed by atoms with Crippen LogP contribution >= 0.6 is 0 Å². The molecule has 2 heterocycles. The maximum absolute atomic E-state index is 13.5. The second kappa shape index (κ2) is 10.1. The Hall–Kier alpha value is -3.67. The van der Waals surface area contributed by atoms with E-state index in [9.17, 15) is 14.7 Å². The summed E-state index contributed by atoms with van der Waals surface area (Å²) in [5, 5.41) is 10.4. The number of amides is 1. The lowest BCUT2D eigenvalue weighted by molar-refractivity contribution is -0.140. The molecule has 0 unspecified atom stereocenters. The Morgan fingerprint density at radius 3 is 2.50 bits per heavy atom. The fourth-order valence-corrected chi connectivity index (χ4v) is 5.67. The van der Waals surface area contributed by atoms with Gasteiger partial charge in [0.2, 0.25) is 0 Å². The summed E-state index contributed by atoms with van der Waals surface area (Å²) in [7, 11) is 0. The van der Waals surface area contributed by atoms with Crippen LogP contribution in [0.3, 0.4) is 0 Å². The highest BCUT2D eigenvalue weighted by molar-refractivity contribution is 6.07. The number of pyridine rings is 1. The molecule has 1 saturated heterocycles. The number of benzene rings is 2. The van der Waals surface area contributed by atoms with Gasteiger partial charge in [-0.1, -0.05) is 30.3 Å². The number of ether oxygens (including phenoxy) is 1. The highest BCUT2D eigenvalue weighted by Gasteiger charge is 2.31. The van der Waals surface area contributed by atoms with Crippen LogP contribution in [0.15, 0.2) is 48.5 Å². The number of fused-ring (bicyclic) bond motifs is 2. The van der Waals surface area contributed by atoms with Gasteiger partial charge in [-0.3, -0.25) is 4.79 Å². The molecule has 5 rings (SSSR count). The number of piperidine rings is 1. The number of esters is 1. The number of phenols is 1. The van der Waals surface area contributed by atoms with Crippen molar-refractivity contribution in [2.24, 2.45) is 0 Å². The number of aromatic hydroxyl groups is 1. The topological polar surface area (TPSA) is 79.7 Å². The van der Waals surface area contributed by atoms with Crippen molar-refractivity contribution < 1.29 is 19.4 Å². The largest absolute Gasteiger partial charge is 0.508 e. The Morgan fingerprint density at radius 1 is 1.03 bits per heavy atom. The number of para-hydroxylation sites is 1. The van der Waals surface area contributed by atoms with E-state index in [4.69, 9.17) is 9.72 Å². The first-order valence-corrected chi connectivity index (χ1v) is 12.8. The first kappa shape index (κ1) is 24.0. The molecule has 0 bridgehead atoms. The van der Waals surface area contributed by atoms with E-state index >= 15 is 0 Å². The maximum atomic E-state index is 13.5. The molecule has 3 aromatic rings. The van der Waals surface area contributed by atoms with E-state index in [0.29, 0.717) is 5.56 Å². The SMILES string of the molecule is C[C@@H]1CCC[C@@H](C)N1C(=O)COC(=O)c1c2c(nc3ccccc13)/C(=C\c1ccc(O)cc1)CCC2. The zero-order valence-corrected chi connectivity index (χ0v) is 20.9. The summed E-state index contributed by atoms with van der Waals surface area (Å²) >= 11 is 0. The number of carbonyl (C=O) groups excluding carboxylic acids is 2. The van der Waals surface area contributed by atoms with Gasteiger partial charge < -0.3 is 14.7 Å². The molecule has 1 aromatic heterocycles. The van der Waals surface area contributed by atoms with Crippen molar-refractivity contribution in [3.05, 3.63) is 70.9 Å². The minimum absolute atomic E-state index is 0.136. The van der Waals surface area contributed by atoms with Crippen LogP contribution in [0.1, 0.15) is 73.1 Å². The first-order valence-electron chi connectivity index (χ1n) is 12.8. The summed E-state index contributed by atoms with van der Waals surface area (Å²) in [5.74, 6) is -0.386. The van der Waals surface area contributed by atoms with Crippen LogP contribution in [0.5, 0.6) is 5.75 Å². The number of hydrogen-bond acceptors (Lipinski definition) is 5. The normalized spacial score (nSPS) is 20.8. The molecule has 2 aromatic carbocycles. The van der Waals surface area contributed by atoms with Gasteiger partial charge in [-0.25, -0.2) is 9.78 Å². The third-order valence-corrected chi connectivity index (χ3v) is 7.42. The van der Waals surface area contributed by atoms with E-state index in [-0.39, 0.29) is 30.3 Å². The van der Waals surface area contributed by atoms with Gasteiger partial charge in [-0.2, -0.15) is 0 Å². The van der Waals surface area contributed by atoms with Crippen LogP contribution in [0.25, 0.3) is 22.6 Å². The van der Waals surface area contributed by atoms with E-state index in [1.165, 1.54) is 0 Å². The van der Waals surface area contributed by atoms with Crippen molar-refractivity contribution in [3.63, 3.8) is 0 Å². The number of phenolic OH excluding ortho intramolecular Hbond substituents is 1. The summed E-state index contributed by atoms with van der Waals surface area (Å²) in [6.07, 6.45) is 7.58. The fraction of sp³-hybridized carbons (Fsp3) is 0.367. The van der Waals surface area contributed by atoms with Gasteiger partial charge >= 0.3 is 5.97 Å². The molecule has 36 heavy (non-hydrogen) atoms. The minimum atomic E-state index is -0.471. The molecule has 6 nitrogen and oxygen atoms in total. The quantitative estimate of drug-likeness (QED) is 0.476. The van der Waals surface area contributed by atoms with Gasteiger partial charge in [-0.15, -0.1) is 0 Å². The van der Waals surface area contributed by atoms with Gasteiger partial charge in [0.25, 0.3) is 5.91 Å². The number of carbonyl (C=O) groups is 2. The number of allylic oxidation sites excluding steroid dienone is 1. The van der Waals surface area contributed by atoms with E-state index in [1.54, 1.807) is 12.1 Å². The van der Waals surface area contributed by atoms with E-state index in [2.05, 4.69) is 19.9 Å². The summed E-state index contributed by atoms with van der Waals surface area (Å²) in [6, 6.07) is 15.0. The fourth-order valence-electron chi connectivity index (χ4n) is 5.67. The van der Waals surface area contributed by atoms with Gasteiger partial charge in [0, 0.05) is 17.5 Å². The highest BCUT2D eigenvalue weighted by Crippen LogP contribution is 2.36. The molecular formula is C30H32N2O4. The van der Waals surface area contributed by atoms with Crippen molar-refractivity contribution in [1.82, 2.24) is 9.88 Å². The molecule has 1 fully saturated rings. The standard InChI is InChI=1S/C30H32N2O4/c1-19-7-5-8-20(2)32(19)27(34)18-36-30(35)28-24-10-3-4-12-26(24)31-29-22(9-6-11-25(28)29)17-21-13-15-23(33)16-14-21/h3-4,10,12-17,19-20,33H,5-9,11,18H2,1-2H3/b22-17-/t19-,20-/m1/s1. The molecule has 1 amide bonds. The first-order chi connectivity index (χ1) is 17.4. The molecule has 0 spiro atoms. The molecule has 1 aliphatic heterocycles. The van der Waals surface area contributed by atoms with Crippen LogP contribution in [0.2, 0.25) is 0 Å². The van der Waals surface area contributed by atoms with Crippen molar-refractivity contribution in [3.8, 4) is 5.75 Å². The van der Waals surface area contributed by atoms with Crippen LogP contribution in [0, 0.1) is 0 Å². The van der Waals surface area contributed by atoms with Gasteiger partial charge in [0.05, 0.1) is 16.8 Å². The molecule has 1 aliphatic carbocycles. The molecule has 0 saturated carbocycles. The highest BCUT2D eigenvalue weighted by atomic mass is 16.5. The molecule has 1 N–H and O–H groups in total. The summed E-state index contributed by atoms with van der Waals surface area (Å²) in [4.78, 5) is 33.3. The number of nitrogens with zero attached hydrogens (tertiary/aromatic N) is 2. The Balaban J connectivity index is 1.48. The van der Waals surface area contributed by atoms with Crippen molar-refractivity contribution in [1.29, 1.82) is 0 Å². The third kappa shape index (κ3) is 4.72.